The van der Waals surface area contributed by atoms with Crippen molar-refractivity contribution in [2.24, 2.45) is 0 Å². The number of carbonyl (C=O) groups excluding carboxylic acids is 1. The summed E-state index contributed by atoms with van der Waals surface area (Å²) in [7, 11) is 3.25. The lowest BCUT2D eigenvalue weighted by molar-refractivity contribution is -0.116. The van der Waals surface area contributed by atoms with Crippen molar-refractivity contribution in [2.45, 2.75) is 17.9 Å². The van der Waals surface area contributed by atoms with Gasteiger partial charge in [-0.25, -0.2) is 9.97 Å². The van der Waals surface area contributed by atoms with Crippen LogP contribution in [-0.2, 0) is 11.3 Å². The number of rotatable bonds is 10. The van der Waals surface area contributed by atoms with Gasteiger partial charge >= 0.3 is 0 Å². The molecule has 1 amide bonds. The molecular formula is C23H24N4O3S2. The summed E-state index contributed by atoms with van der Waals surface area (Å²) >= 11 is 2.97. The number of thiazole rings is 1. The number of benzene rings is 2. The molecule has 0 N–H and O–H groups in total. The van der Waals surface area contributed by atoms with E-state index in [9.17, 15) is 4.79 Å². The molecule has 0 unspecified atom stereocenters. The molecule has 0 saturated carbocycles. The Morgan fingerprint density at radius 1 is 1.12 bits per heavy atom. The van der Waals surface area contributed by atoms with E-state index >= 15 is 0 Å². The van der Waals surface area contributed by atoms with Gasteiger partial charge in [-0.1, -0.05) is 29.5 Å². The molecule has 4 rings (SSSR count). The van der Waals surface area contributed by atoms with Crippen molar-refractivity contribution in [1.29, 1.82) is 0 Å². The first kappa shape index (κ1) is 22.2. The molecule has 0 saturated heterocycles. The average molecular weight is 469 g/mol. The molecule has 0 bridgehead atoms. The van der Waals surface area contributed by atoms with Crippen LogP contribution in [0.15, 0.2) is 66.1 Å². The summed E-state index contributed by atoms with van der Waals surface area (Å²) < 4.78 is 13.9. The van der Waals surface area contributed by atoms with Crippen LogP contribution in [-0.4, -0.2) is 47.0 Å². The maximum Gasteiger partial charge on any atom is 0.239 e. The summed E-state index contributed by atoms with van der Waals surface area (Å²) in [6.45, 7) is 1.32. The standard InChI is InChI=1S/C23H24N4O3S2/c1-29-18-9-10-19(30-2)22-21(18)25-23(32-22)27(13-6-12-26-14-11-24-16-26)20(28)15-31-17-7-4-3-5-8-17/h3-5,7-11,14,16H,6,12-13,15H2,1-2H3. The van der Waals surface area contributed by atoms with Gasteiger partial charge in [-0.05, 0) is 30.7 Å². The number of methoxy groups -OCH3 is 2. The van der Waals surface area contributed by atoms with Crippen LogP contribution in [0.25, 0.3) is 10.2 Å². The number of fused-ring (bicyclic) bond motifs is 1. The van der Waals surface area contributed by atoms with Gasteiger partial charge in [-0.3, -0.25) is 9.69 Å². The largest absolute Gasteiger partial charge is 0.495 e. The number of thioether (sulfide) groups is 1. The van der Waals surface area contributed by atoms with Crippen molar-refractivity contribution in [3.63, 3.8) is 0 Å². The van der Waals surface area contributed by atoms with Crippen LogP contribution < -0.4 is 14.4 Å². The Morgan fingerprint density at radius 3 is 2.62 bits per heavy atom. The van der Waals surface area contributed by atoms with Crippen molar-refractivity contribution in [2.75, 3.05) is 31.4 Å². The van der Waals surface area contributed by atoms with Gasteiger partial charge in [-0.2, -0.15) is 0 Å². The molecule has 32 heavy (non-hydrogen) atoms. The van der Waals surface area contributed by atoms with Crippen LogP contribution in [0.5, 0.6) is 11.5 Å². The summed E-state index contributed by atoms with van der Waals surface area (Å²) in [6.07, 6.45) is 6.24. The zero-order valence-corrected chi connectivity index (χ0v) is 19.6. The van der Waals surface area contributed by atoms with E-state index in [1.807, 2.05) is 53.2 Å². The van der Waals surface area contributed by atoms with Crippen molar-refractivity contribution in [3.8, 4) is 11.5 Å². The van der Waals surface area contributed by atoms with Crippen molar-refractivity contribution >= 4 is 44.4 Å². The molecule has 0 spiro atoms. The third kappa shape index (κ3) is 5.05. The van der Waals surface area contributed by atoms with Gasteiger partial charge in [0.05, 0.1) is 26.3 Å². The number of aryl methyl sites for hydroxylation is 1. The Kier molecular flexibility index (Phi) is 7.28. The molecule has 0 fully saturated rings. The Morgan fingerprint density at radius 2 is 1.91 bits per heavy atom. The number of aromatic nitrogens is 3. The van der Waals surface area contributed by atoms with E-state index in [1.54, 1.807) is 31.6 Å². The van der Waals surface area contributed by atoms with Crippen LogP contribution in [0.4, 0.5) is 5.13 Å². The smallest absolute Gasteiger partial charge is 0.239 e. The summed E-state index contributed by atoms with van der Waals surface area (Å²) in [5.41, 5.74) is 0.704. The predicted octanol–water partition coefficient (Wildman–Crippen LogP) is 4.73. The van der Waals surface area contributed by atoms with Gasteiger partial charge in [0.1, 0.15) is 21.7 Å². The number of imidazole rings is 1. The van der Waals surface area contributed by atoms with Crippen LogP contribution in [0.3, 0.4) is 0 Å². The number of hydrogen-bond acceptors (Lipinski definition) is 7. The van der Waals surface area contributed by atoms with Crippen molar-refractivity contribution in [1.82, 2.24) is 14.5 Å². The van der Waals surface area contributed by atoms with Crippen LogP contribution in [0, 0.1) is 0 Å². The molecule has 4 aromatic rings. The summed E-state index contributed by atoms with van der Waals surface area (Å²) in [6, 6.07) is 13.6. The number of nitrogens with zero attached hydrogens (tertiary/aromatic N) is 4. The third-order valence-corrected chi connectivity index (χ3v) is 6.98. The molecule has 2 aromatic heterocycles. The number of ether oxygens (including phenoxy) is 2. The van der Waals surface area contributed by atoms with Crippen LogP contribution >= 0.6 is 23.1 Å². The van der Waals surface area contributed by atoms with E-state index in [0.717, 1.165) is 22.6 Å². The number of carbonyl (C=O) groups is 1. The van der Waals surface area contributed by atoms with Crippen LogP contribution in [0.1, 0.15) is 6.42 Å². The van der Waals surface area contributed by atoms with Crippen molar-refractivity contribution in [3.05, 3.63) is 61.2 Å². The molecule has 2 aromatic carbocycles. The zero-order valence-electron chi connectivity index (χ0n) is 17.9. The minimum absolute atomic E-state index is 0.0153. The lowest BCUT2D eigenvalue weighted by Crippen LogP contribution is -2.33. The molecule has 0 aliphatic rings. The van der Waals surface area contributed by atoms with Gasteiger partial charge in [0.15, 0.2) is 5.13 Å². The minimum atomic E-state index is 0.0153. The second-order valence-electron chi connectivity index (χ2n) is 6.95. The first-order valence-electron chi connectivity index (χ1n) is 10.1. The van der Waals surface area contributed by atoms with E-state index in [2.05, 4.69) is 4.98 Å². The molecule has 2 heterocycles. The van der Waals surface area contributed by atoms with E-state index in [4.69, 9.17) is 14.5 Å². The number of amides is 1. The highest BCUT2D eigenvalue weighted by Crippen LogP contribution is 2.40. The fourth-order valence-electron chi connectivity index (χ4n) is 3.29. The molecule has 0 aliphatic heterocycles. The fraction of sp³-hybridized carbons (Fsp3) is 0.261. The molecule has 0 aliphatic carbocycles. The first-order valence-corrected chi connectivity index (χ1v) is 11.9. The highest BCUT2D eigenvalue weighted by atomic mass is 32.2. The zero-order chi connectivity index (χ0) is 22.3. The minimum Gasteiger partial charge on any atom is -0.495 e. The van der Waals surface area contributed by atoms with E-state index < -0.39 is 0 Å². The molecule has 166 valence electrons. The Labute approximate surface area is 195 Å². The highest BCUT2D eigenvalue weighted by molar-refractivity contribution is 8.00. The number of hydrogen-bond donors (Lipinski definition) is 0. The Hall–Kier alpha value is -3.04. The predicted molar refractivity (Wildman–Crippen MR) is 129 cm³/mol. The van der Waals surface area contributed by atoms with Gasteiger partial charge in [0, 0.05) is 30.4 Å². The summed E-state index contributed by atoms with van der Waals surface area (Å²) in [4.78, 5) is 25.0. The lowest BCUT2D eigenvalue weighted by atomic mass is 10.3. The maximum absolute atomic E-state index is 13.3. The van der Waals surface area contributed by atoms with Gasteiger partial charge < -0.3 is 14.0 Å². The highest BCUT2D eigenvalue weighted by Gasteiger charge is 2.22. The molecule has 7 nitrogen and oxygen atoms in total. The average Bonchev–Trinajstić information content (AvgIpc) is 3.50. The van der Waals surface area contributed by atoms with E-state index in [1.165, 1.54) is 23.1 Å². The normalized spacial score (nSPS) is 10.9. The monoisotopic (exact) mass is 468 g/mol. The lowest BCUT2D eigenvalue weighted by Gasteiger charge is -2.20. The second kappa shape index (κ2) is 10.5. The first-order chi connectivity index (χ1) is 15.7. The maximum atomic E-state index is 13.3. The van der Waals surface area contributed by atoms with Crippen molar-refractivity contribution < 1.29 is 14.3 Å². The number of anilines is 1. The summed E-state index contributed by atoms with van der Waals surface area (Å²) in [5, 5.41) is 0.645. The molecular weight excluding hydrogens is 444 g/mol. The molecule has 9 heteroatoms. The molecule has 0 atom stereocenters. The van der Waals surface area contributed by atoms with Crippen LogP contribution in [0.2, 0.25) is 0 Å². The molecule has 0 radical (unpaired) electrons. The van der Waals surface area contributed by atoms with E-state index in [-0.39, 0.29) is 5.91 Å². The third-order valence-electron chi connectivity index (χ3n) is 4.89. The SMILES string of the molecule is COc1ccc(OC)c2sc(N(CCCn3ccnc3)C(=O)CSc3ccccc3)nc12. The van der Waals surface area contributed by atoms with E-state index in [0.29, 0.717) is 34.4 Å². The summed E-state index contributed by atoms with van der Waals surface area (Å²) in [5.74, 6) is 1.72. The topological polar surface area (TPSA) is 69.5 Å². The van der Waals surface area contributed by atoms with Gasteiger partial charge in [0.25, 0.3) is 0 Å². The fourth-order valence-corrected chi connectivity index (χ4v) is 5.20. The van der Waals surface area contributed by atoms with Gasteiger partial charge in [0.2, 0.25) is 5.91 Å². The quantitative estimate of drug-likeness (QED) is 0.314. The second-order valence-corrected chi connectivity index (χ2v) is 8.97. The Bertz CT molecular complexity index is 1120. The van der Waals surface area contributed by atoms with Gasteiger partial charge in [-0.15, -0.1) is 11.8 Å². The Balaban J connectivity index is 1.59.